The molecule has 0 radical (unpaired) electrons. The van der Waals surface area contributed by atoms with Crippen molar-refractivity contribution in [2.45, 2.75) is 39.3 Å². The Hall–Kier alpha value is -3.33. The van der Waals surface area contributed by atoms with Crippen molar-refractivity contribution in [2.24, 2.45) is 5.92 Å². The number of benzene rings is 2. The quantitative estimate of drug-likeness (QED) is 0.850. The fourth-order valence-electron chi connectivity index (χ4n) is 3.36. The number of urea groups is 1. The third-order valence-electron chi connectivity index (χ3n) is 4.65. The number of nitriles is 1. The highest BCUT2D eigenvalue weighted by Gasteiger charge is 2.30. The summed E-state index contributed by atoms with van der Waals surface area (Å²) < 4.78 is 0. The number of nitrogens with one attached hydrogen (secondary N) is 2. The summed E-state index contributed by atoms with van der Waals surface area (Å²) >= 11 is 0. The third kappa shape index (κ3) is 4.49. The van der Waals surface area contributed by atoms with Crippen LogP contribution in [0.1, 0.15) is 31.4 Å². The van der Waals surface area contributed by atoms with Gasteiger partial charge < -0.3 is 15.5 Å². The van der Waals surface area contributed by atoms with Crippen molar-refractivity contribution < 1.29 is 9.59 Å². The molecule has 2 aromatic carbocycles. The molecule has 1 heterocycles. The van der Waals surface area contributed by atoms with E-state index in [1.54, 1.807) is 11.0 Å². The predicted octanol–water partition coefficient (Wildman–Crippen LogP) is 3.84. The van der Waals surface area contributed by atoms with Crippen LogP contribution < -0.4 is 15.5 Å². The summed E-state index contributed by atoms with van der Waals surface area (Å²) in [5.41, 5.74) is 3.45. The smallest absolute Gasteiger partial charge is 0.319 e. The van der Waals surface area contributed by atoms with Crippen LogP contribution in [0.5, 0.6) is 0 Å². The molecule has 0 aliphatic carbocycles. The Bertz CT molecular complexity index is 917. The van der Waals surface area contributed by atoms with Crippen LogP contribution in [0.2, 0.25) is 0 Å². The number of aryl methyl sites for hydroxylation is 1. The van der Waals surface area contributed by atoms with Gasteiger partial charge in [0.1, 0.15) is 5.92 Å². The molecule has 1 unspecified atom stereocenters. The zero-order chi connectivity index (χ0) is 20.1. The van der Waals surface area contributed by atoms with Crippen LogP contribution in [-0.4, -0.2) is 18.0 Å². The van der Waals surface area contributed by atoms with E-state index >= 15 is 0 Å². The molecule has 0 spiro atoms. The average Bonchev–Trinajstić information content (AvgIpc) is 2.78. The molecule has 0 saturated carbocycles. The fraction of sp³-hybridized carbons (Fsp3) is 0.318. The van der Waals surface area contributed by atoms with Crippen molar-refractivity contribution >= 4 is 23.3 Å². The topological polar surface area (TPSA) is 85.2 Å². The summed E-state index contributed by atoms with van der Waals surface area (Å²) in [6.45, 7) is 4.13. The first-order valence-corrected chi connectivity index (χ1v) is 9.43. The maximum absolute atomic E-state index is 13.0. The Labute approximate surface area is 165 Å². The van der Waals surface area contributed by atoms with Crippen LogP contribution in [0.15, 0.2) is 48.5 Å². The van der Waals surface area contributed by atoms with Gasteiger partial charge in [0.2, 0.25) is 5.91 Å². The van der Waals surface area contributed by atoms with Gasteiger partial charge in [-0.25, -0.2) is 4.79 Å². The summed E-state index contributed by atoms with van der Waals surface area (Å²) in [4.78, 5) is 26.6. The number of anilines is 2. The maximum Gasteiger partial charge on any atom is 0.319 e. The van der Waals surface area contributed by atoms with E-state index in [9.17, 15) is 14.9 Å². The fourth-order valence-corrected chi connectivity index (χ4v) is 3.36. The molecule has 1 aliphatic heterocycles. The molecule has 0 fully saturated rings. The van der Waals surface area contributed by atoms with E-state index in [1.807, 2.05) is 56.3 Å². The molecule has 2 N–H and O–H groups in total. The van der Waals surface area contributed by atoms with Gasteiger partial charge >= 0.3 is 6.03 Å². The van der Waals surface area contributed by atoms with E-state index in [-0.39, 0.29) is 18.0 Å². The van der Waals surface area contributed by atoms with Gasteiger partial charge in [-0.1, -0.05) is 30.3 Å². The molecule has 1 aliphatic rings. The third-order valence-corrected chi connectivity index (χ3v) is 4.65. The molecule has 3 amide bonds. The maximum atomic E-state index is 13.0. The zero-order valence-corrected chi connectivity index (χ0v) is 16.1. The van der Waals surface area contributed by atoms with E-state index in [0.29, 0.717) is 25.1 Å². The van der Waals surface area contributed by atoms with E-state index in [1.165, 1.54) is 0 Å². The van der Waals surface area contributed by atoms with Crippen LogP contribution in [0.4, 0.5) is 16.2 Å². The standard InChI is InChI=1S/C22H24N4O2/c1-15(2)24-22(28)25-19-8-5-6-16(12-19)14-26-20-9-4-3-7-17(20)10-11-18(13-23)21(26)27/h3-9,12,15,18H,10-11,14H2,1-2H3,(H2,24,25,28). The highest BCUT2D eigenvalue weighted by atomic mass is 16.2. The predicted molar refractivity (Wildman–Crippen MR) is 109 cm³/mol. The largest absolute Gasteiger partial charge is 0.336 e. The molecule has 0 saturated heterocycles. The molecule has 28 heavy (non-hydrogen) atoms. The lowest BCUT2D eigenvalue weighted by Gasteiger charge is -2.24. The first-order valence-electron chi connectivity index (χ1n) is 9.43. The normalized spacial score (nSPS) is 16.1. The van der Waals surface area contributed by atoms with Crippen LogP contribution in [-0.2, 0) is 17.8 Å². The highest BCUT2D eigenvalue weighted by molar-refractivity contribution is 5.98. The number of carbonyl (C=O) groups is 2. The van der Waals surface area contributed by atoms with E-state index < -0.39 is 5.92 Å². The second-order valence-electron chi connectivity index (χ2n) is 7.23. The Morgan fingerprint density at radius 1 is 1.25 bits per heavy atom. The van der Waals surface area contributed by atoms with Gasteiger partial charge in [-0.2, -0.15) is 5.26 Å². The zero-order valence-electron chi connectivity index (χ0n) is 16.1. The number of nitrogens with zero attached hydrogens (tertiary/aromatic N) is 2. The molecule has 0 aromatic heterocycles. The summed E-state index contributed by atoms with van der Waals surface area (Å²) in [6, 6.07) is 17.1. The minimum absolute atomic E-state index is 0.0392. The number of carbonyl (C=O) groups excluding carboxylic acids is 2. The Morgan fingerprint density at radius 2 is 2.04 bits per heavy atom. The Balaban J connectivity index is 1.85. The SMILES string of the molecule is CC(C)NC(=O)Nc1cccc(CN2C(=O)C(C#N)CCc3ccccc32)c1. The minimum Gasteiger partial charge on any atom is -0.336 e. The lowest BCUT2D eigenvalue weighted by atomic mass is 10.0. The van der Waals surface area contributed by atoms with Crippen molar-refractivity contribution in [3.05, 3.63) is 59.7 Å². The van der Waals surface area contributed by atoms with Crippen LogP contribution in [0, 0.1) is 17.2 Å². The number of fused-ring (bicyclic) bond motifs is 1. The number of para-hydroxylation sites is 1. The van der Waals surface area contributed by atoms with Crippen molar-refractivity contribution in [1.82, 2.24) is 5.32 Å². The summed E-state index contributed by atoms with van der Waals surface area (Å²) in [5.74, 6) is -0.825. The van der Waals surface area contributed by atoms with Crippen LogP contribution in [0.3, 0.4) is 0 Å². The van der Waals surface area contributed by atoms with Crippen molar-refractivity contribution in [1.29, 1.82) is 5.26 Å². The van der Waals surface area contributed by atoms with Gasteiger partial charge in [0.05, 0.1) is 12.6 Å². The van der Waals surface area contributed by atoms with Gasteiger partial charge in [0.15, 0.2) is 0 Å². The molecule has 1 atom stereocenters. The van der Waals surface area contributed by atoms with Crippen molar-refractivity contribution in [2.75, 3.05) is 10.2 Å². The number of amides is 3. The second-order valence-corrected chi connectivity index (χ2v) is 7.23. The van der Waals surface area contributed by atoms with Crippen LogP contribution >= 0.6 is 0 Å². The summed E-state index contributed by atoms with van der Waals surface area (Å²) in [7, 11) is 0. The van der Waals surface area contributed by atoms with E-state index in [4.69, 9.17) is 0 Å². The highest BCUT2D eigenvalue weighted by Crippen LogP contribution is 2.30. The minimum atomic E-state index is -0.648. The molecule has 6 nitrogen and oxygen atoms in total. The Kier molecular flexibility index (Phi) is 5.95. The number of rotatable bonds is 4. The number of hydrogen-bond acceptors (Lipinski definition) is 3. The molecule has 2 aromatic rings. The first-order chi connectivity index (χ1) is 13.5. The van der Waals surface area contributed by atoms with Crippen LogP contribution in [0.25, 0.3) is 0 Å². The van der Waals surface area contributed by atoms with Crippen molar-refractivity contribution in [3.8, 4) is 6.07 Å². The second kappa shape index (κ2) is 8.57. The summed E-state index contributed by atoms with van der Waals surface area (Å²) in [5, 5.41) is 15.0. The average molecular weight is 376 g/mol. The first kappa shape index (κ1) is 19.4. The molecule has 6 heteroatoms. The van der Waals surface area contributed by atoms with Crippen molar-refractivity contribution in [3.63, 3.8) is 0 Å². The van der Waals surface area contributed by atoms with E-state index in [0.717, 1.165) is 16.8 Å². The monoisotopic (exact) mass is 376 g/mol. The Morgan fingerprint density at radius 3 is 2.79 bits per heavy atom. The summed E-state index contributed by atoms with van der Waals surface area (Å²) in [6.07, 6.45) is 1.23. The molecule has 144 valence electrons. The lowest BCUT2D eigenvalue weighted by Crippen LogP contribution is -2.35. The van der Waals surface area contributed by atoms with Gasteiger partial charge in [-0.3, -0.25) is 4.79 Å². The molecular weight excluding hydrogens is 352 g/mol. The van der Waals surface area contributed by atoms with Gasteiger partial charge in [0.25, 0.3) is 0 Å². The molecular formula is C22H24N4O2. The van der Waals surface area contributed by atoms with Gasteiger partial charge in [0, 0.05) is 17.4 Å². The molecule has 3 rings (SSSR count). The van der Waals surface area contributed by atoms with Gasteiger partial charge in [-0.15, -0.1) is 0 Å². The number of hydrogen-bond donors (Lipinski definition) is 2. The van der Waals surface area contributed by atoms with Gasteiger partial charge in [-0.05, 0) is 56.0 Å². The lowest BCUT2D eigenvalue weighted by molar-refractivity contribution is -0.121. The van der Waals surface area contributed by atoms with E-state index in [2.05, 4.69) is 16.7 Å². The molecule has 0 bridgehead atoms.